The van der Waals surface area contributed by atoms with E-state index in [1.165, 1.54) is 4.90 Å². The highest BCUT2D eigenvalue weighted by Gasteiger charge is 2.37. The average Bonchev–Trinajstić information content (AvgIpc) is 3.15. The molecule has 1 aliphatic heterocycles. The van der Waals surface area contributed by atoms with Gasteiger partial charge in [0, 0.05) is 23.6 Å². The Labute approximate surface area is 148 Å². The number of carboxylic acid groups (broad SMARTS) is 1. The van der Waals surface area contributed by atoms with E-state index in [-0.39, 0.29) is 0 Å². The zero-order chi connectivity index (χ0) is 23.3. The Hall–Kier alpha value is -1.84. The summed E-state index contributed by atoms with van der Waals surface area (Å²) in [5.41, 5.74) is -0.932. The highest BCUT2D eigenvalue weighted by atomic mass is 16.4. The largest absolute Gasteiger partial charge is 0.481 e. The van der Waals surface area contributed by atoms with E-state index in [0.717, 1.165) is 25.7 Å². The number of nitrogens with zero attached hydrogens (tertiary/aromatic N) is 1. The second-order valence-corrected chi connectivity index (χ2v) is 6.19. The topological polar surface area (TPSA) is 57.6 Å². The zero-order valence-corrected chi connectivity index (χ0v) is 12.8. The van der Waals surface area contributed by atoms with Gasteiger partial charge in [-0.1, -0.05) is 43.1 Å². The number of aliphatic carboxylic acids is 1. The molecule has 124 valence electrons. The fourth-order valence-corrected chi connectivity index (χ4v) is 3.51. The molecule has 0 bridgehead atoms. The van der Waals surface area contributed by atoms with E-state index >= 15 is 0 Å². The number of hydrogen-bond acceptors (Lipinski definition) is 2. The van der Waals surface area contributed by atoms with E-state index in [0.29, 0.717) is 24.9 Å². The monoisotopic (exact) mass is 323 g/mol. The van der Waals surface area contributed by atoms with Crippen LogP contribution in [0.5, 0.6) is 0 Å². The van der Waals surface area contributed by atoms with Crippen LogP contribution in [0.1, 0.15) is 48.6 Å². The molecule has 2 aliphatic rings. The Morgan fingerprint density at radius 1 is 1.26 bits per heavy atom. The van der Waals surface area contributed by atoms with Gasteiger partial charge in [0.15, 0.2) is 0 Å². The summed E-state index contributed by atoms with van der Waals surface area (Å²) in [6, 6.07) is -4.26. The summed E-state index contributed by atoms with van der Waals surface area (Å²) >= 11 is 0. The molecule has 23 heavy (non-hydrogen) atoms. The van der Waals surface area contributed by atoms with E-state index < -0.39 is 66.3 Å². The smallest absolute Gasteiger partial charge is 0.307 e. The quantitative estimate of drug-likeness (QED) is 0.906. The number of amides is 1. The molecule has 0 spiro atoms. The third-order valence-electron chi connectivity index (χ3n) is 4.69. The molecule has 2 fully saturated rings. The van der Waals surface area contributed by atoms with E-state index in [4.69, 9.17) is 11.0 Å². The minimum atomic E-state index is -3.23. The second kappa shape index (κ2) is 7.16. The molecule has 3 rings (SSSR count). The molecule has 4 nitrogen and oxygen atoms in total. The minimum Gasteiger partial charge on any atom is -0.481 e. The molecule has 1 heterocycles. The lowest BCUT2D eigenvalue weighted by molar-refractivity contribution is -0.145. The van der Waals surface area contributed by atoms with Crippen LogP contribution in [0.2, 0.25) is 0 Å². The lowest BCUT2D eigenvalue weighted by Crippen LogP contribution is -2.33. The van der Waals surface area contributed by atoms with Crippen LogP contribution in [0.25, 0.3) is 0 Å². The third-order valence-corrected chi connectivity index (χ3v) is 4.69. The summed E-state index contributed by atoms with van der Waals surface area (Å²) < 4.78 is 64.3. The summed E-state index contributed by atoms with van der Waals surface area (Å²) in [4.78, 5) is 26.5. The Bertz CT molecular complexity index is 881. The van der Waals surface area contributed by atoms with Gasteiger partial charge in [0.05, 0.1) is 12.7 Å². The molecule has 1 aromatic rings. The van der Waals surface area contributed by atoms with E-state index in [9.17, 15) is 14.7 Å². The van der Waals surface area contributed by atoms with E-state index in [2.05, 4.69) is 0 Å². The first kappa shape index (κ1) is 8.86. The number of rotatable bonds is 5. The number of carbonyl (C=O) groups is 2. The lowest BCUT2D eigenvalue weighted by Gasteiger charge is -2.22. The highest BCUT2D eigenvalue weighted by Crippen LogP contribution is 2.36. The first-order chi connectivity index (χ1) is 14.3. The Morgan fingerprint density at radius 2 is 1.87 bits per heavy atom. The van der Waals surface area contributed by atoms with E-state index in [1.54, 1.807) is 0 Å². The molecular formula is C19H25NO3. The highest BCUT2D eigenvalue weighted by molar-refractivity contribution is 5.82. The van der Waals surface area contributed by atoms with E-state index in [1.807, 2.05) is 0 Å². The normalized spacial score (nSPS) is 31.9. The molecule has 4 heteroatoms. The molecule has 3 atom stereocenters. The molecule has 1 aliphatic carbocycles. The van der Waals surface area contributed by atoms with Gasteiger partial charge in [0.25, 0.3) is 0 Å². The number of carbonyl (C=O) groups excluding carboxylic acids is 1. The molecule has 1 saturated heterocycles. The molecule has 1 N–H and O–H groups in total. The predicted octanol–water partition coefficient (Wildman–Crippen LogP) is 2.97. The second-order valence-electron chi connectivity index (χ2n) is 6.19. The number of hydrogen-bond donors (Lipinski definition) is 1. The summed E-state index contributed by atoms with van der Waals surface area (Å²) in [7, 11) is 0. The summed E-state index contributed by atoms with van der Waals surface area (Å²) in [6.07, 6.45) is -0.145. The maximum atomic E-state index is 12.9. The van der Waals surface area contributed by atoms with Gasteiger partial charge in [-0.05, 0) is 36.6 Å². The van der Waals surface area contributed by atoms with Crippen molar-refractivity contribution in [1.82, 2.24) is 4.90 Å². The van der Waals surface area contributed by atoms with Crippen LogP contribution in [0.15, 0.2) is 30.2 Å². The summed E-state index contributed by atoms with van der Waals surface area (Å²) in [5, 5.41) is 9.75. The van der Waals surface area contributed by atoms with Crippen molar-refractivity contribution in [3.63, 3.8) is 0 Å². The molecule has 1 aromatic carbocycles. The van der Waals surface area contributed by atoms with Crippen LogP contribution in [-0.2, 0) is 16.0 Å². The molecule has 0 unspecified atom stereocenters. The maximum absolute atomic E-state index is 12.9. The van der Waals surface area contributed by atoms with Crippen molar-refractivity contribution in [2.24, 2.45) is 17.7 Å². The van der Waals surface area contributed by atoms with Crippen LogP contribution < -0.4 is 0 Å². The van der Waals surface area contributed by atoms with Gasteiger partial charge in [0.1, 0.15) is 0 Å². The molecule has 0 radical (unpaired) electrons. The van der Waals surface area contributed by atoms with Gasteiger partial charge < -0.3 is 10.0 Å². The number of likely N-dealkylation sites (tertiary alicyclic amines) is 1. The SMILES string of the molecule is [2H]c1c([2H])c([2H])c(C([2H])([2H])[C@@]([2H])(CC(=O)N2C[C@H]3CCCC[C@H]3C2)C(=O)O)c([2H])c1[2H]. The van der Waals surface area contributed by atoms with Gasteiger partial charge in [-0.3, -0.25) is 9.59 Å². The standard InChI is InChI=1S/C19H25NO3/c21-18(20-12-15-8-4-5-9-16(15)13-20)11-17(19(22)23)10-14-6-2-1-3-7-14/h1-3,6-7,15-17H,4-5,8-13H2,(H,22,23)/t15-,16+,17-/m0/s1/i1D,2D,3D,6D,7D,10D2,17D. The Morgan fingerprint density at radius 3 is 2.43 bits per heavy atom. The number of benzene rings is 1. The van der Waals surface area contributed by atoms with Crippen LogP contribution >= 0.6 is 0 Å². The minimum absolute atomic E-state index is 0.320. The summed E-state index contributed by atoms with van der Waals surface area (Å²) in [5.74, 6) is -5.05. The number of carboxylic acids is 1. The van der Waals surface area contributed by atoms with Crippen LogP contribution in [0.4, 0.5) is 0 Å². The number of fused-ring (bicyclic) bond motifs is 1. The van der Waals surface area contributed by atoms with Crippen molar-refractivity contribution in [1.29, 1.82) is 0 Å². The van der Waals surface area contributed by atoms with Gasteiger partial charge in [-0.15, -0.1) is 0 Å². The molecule has 1 amide bonds. The summed E-state index contributed by atoms with van der Waals surface area (Å²) in [6.45, 7) is 0.883. The zero-order valence-electron chi connectivity index (χ0n) is 20.8. The molecule has 1 saturated carbocycles. The van der Waals surface area contributed by atoms with Gasteiger partial charge in [0.2, 0.25) is 5.91 Å². The predicted molar refractivity (Wildman–Crippen MR) is 87.9 cm³/mol. The van der Waals surface area contributed by atoms with Crippen LogP contribution in [0, 0.1) is 17.7 Å². The molecule has 0 aromatic heterocycles. The van der Waals surface area contributed by atoms with Crippen molar-refractivity contribution < 1.29 is 25.7 Å². The maximum Gasteiger partial charge on any atom is 0.307 e. The first-order valence-electron chi connectivity index (χ1n) is 11.9. The fourth-order valence-electron chi connectivity index (χ4n) is 3.51. The average molecular weight is 323 g/mol. The van der Waals surface area contributed by atoms with Gasteiger partial charge in [-0.25, -0.2) is 0 Å². The fraction of sp³-hybridized carbons (Fsp3) is 0.579. The Kier molecular flexibility index (Phi) is 2.76. The van der Waals surface area contributed by atoms with Crippen LogP contribution in [0.3, 0.4) is 0 Å². The Balaban J connectivity index is 1.97. The van der Waals surface area contributed by atoms with Crippen LogP contribution in [-0.4, -0.2) is 35.0 Å². The first-order valence-corrected chi connectivity index (χ1v) is 7.91. The van der Waals surface area contributed by atoms with Gasteiger partial charge >= 0.3 is 5.97 Å². The van der Waals surface area contributed by atoms with Crippen molar-refractivity contribution in [2.75, 3.05) is 13.1 Å². The lowest BCUT2D eigenvalue weighted by atomic mass is 9.82. The van der Waals surface area contributed by atoms with Crippen molar-refractivity contribution in [3.8, 4) is 0 Å². The van der Waals surface area contributed by atoms with Gasteiger partial charge in [-0.2, -0.15) is 0 Å². The van der Waals surface area contributed by atoms with Crippen molar-refractivity contribution >= 4 is 11.9 Å². The molecular weight excluding hydrogens is 290 g/mol. The van der Waals surface area contributed by atoms with Crippen molar-refractivity contribution in [3.05, 3.63) is 35.8 Å². The van der Waals surface area contributed by atoms with Crippen molar-refractivity contribution in [2.45, 2.75) is 38.5 Å². The third kappa shape index (κ3) is 3.92.